The van der Waals surface area contributed by atoms with E-state index in [1.54, 1.807) is 36.2 Å². The standard InChI is InChI=1S/C24H29N5O3S/c1-18(30)20-10-3-4-11-21(20)25-22(31)12-8-16-33-24-27-26-23(28-13-5-2-6-14-28)29(24)17-19-9-7-15-32-19/h3-4,7,9-11,15H,2,5-6,8,12-14,16-17H2,1H3,(H,25,31). The molecule has 3 heterocycles. The number of amides is 1. The van der Waals surface area contributed by atoms with Crippen LogP contribution in [0.25, 0.3) is 0 Å². The minimum atomic E-state index is -0.102. The van der Waals surface area contributed by atoms with Crippen molar-refractivity contribution in [3.05, 3.63) is 54.0 Å². The molecule has 0 bridgehead atoms. The van der Waals surface area contributed by atoms with Crippen LogP contribution < -0.4 is 10.2 Å². The van der Waals surface area contributed by atoms with Gasteiger partial charge in [0.15, 0.2) is 10.9 Å². The first-order valence-corrected chi connectivity index (χ1v) is 12.3. The van der Waals surface area contributed by atoms with Gasteiger partial charge in [-0.15, -0.1) is 10.2 Å². The average molecular weight is 468 g/mol. The molecule has 3 aromatic rings. The Balaban J connectivity index is 1.34. The summed E-state index contributed by atoms with van der Waals surface area (Å²) in [4.78, 5) is 26.4. The summed E-state index contributed by atoms with van der Waals surface area (Å²) < 4.78 is 7.67. The Morgan fingerprint density at radius 3 is 2.67 bits per heavy atom. The number of hydrogen-bond donors (Lipinski definition) is 1. The van der Waals surface area contributed by atoms with Crippen molar-refractivity contribution in [2.24, 2.45) is 0 Å². The molecule has 0 aliphatic carbocycles. The molecule has 1 amide bonds. The Kier molecular flexibility index (Phi) is 7.83. The van der Waals surface area contributed by atoms with Gasteiger partial charge in [-0.1, -0.05) is 23.9 Å². The number of piperidine rings is 1. The Morgan fingerprint density at radius 1 is 1.09 bits per heavy atom. The highest BCUT2D eigenvalue weighted by Crippen LogP contribution is 2.26. The van der Waals surface area contributed by atoms with Crippen molar-refractivity contribution in [1.29, 1.82) is 0 Å². The maximum atomic E-state index is 12.4. The molecule has 0 atom stereocenters. The van der Waals surface area contributed by atoms with E-state index in [-0.39, 0.29) is 11.7 Å². The zero-order chi connectivity index (χ0) is 23.0. The predicted molar refractivity (Wildman–Crippen MR) is 129 cm³/mol. The molecule has 1 N–H and O–H groups in total. The minimum Gasteiger partial charge on any atom is -0.467 e. The Hall–Kier alpha value is -3.07. The number of carbonyl (C=O) groups excluding carboxylic acids is 2. The fourth-order valence-corrected chi connectivity index (χ4v) is 4.79. The summed E-state index contributed by atoms with van der Waals surface area (Å²) in [5, 5.41) is 12.6. The number of carbonyl (C=O) groups is 2. The Bertz CT molecular complexity index is 1070. The molecule has 0 radical (unpaired) electrons. The minimum absolute atomic E-state index is 0.0677. The molecule has 1 fully saturated rings. The number of furan rings is 1. The van der Waals surface area contributed by atoms with Crippen LogP contribution in [-0.4, -0.2) is 45.3 Å². The Morgan fingerprint density at radius 2 is 1.91 bits per heavy atom. The number of benzene rings is 1. The molecule has 1 saturated heterocycles. The van der Waals surface area contributed by atoms with Crippen LogP contribution in [0.2, 0.25) is 0 Å². The second-order valence-electron chi connectivity index (χ2n) is 8.10. The van der Waals surface area contributed by atoms with Crippen LogP contribution >= 0.6 is 11.8 Å². The van der Waals surface area contributed by atoms with Crippen molar-refractivity contribution < 1.29 is 14.0 Å². The number of thioether (sulfide) groups is 1. The SMILES string of the molecule is CC(=O)c1ccccc1NC(=O)CCCSc1nnc(N2CCCCC2)n1Cc1ccco1. The number of anilines is 2. The first kappa shape index (κ1) is 23.1. The lowest BCUT2D eigenvalue weighted by Gasteiger charge is -2.27. The molecule has 0 spiro atoms. The van der Waals surface area contributed by atoms with Gasteiger partial charge in [-0.05, 0) is 56.9 Å². The average Bonchev–Trinajstić information content (AvgIpc) is 3.48. The van der Waals surface area contributed by atoms with E-state index in [1.807, 2.05) is 18.2 Å². The summed E-state index contributed by atoms with van der Waals surface area (Å²) >= 11 is 1.60. The van der Waals surface area contributed by atoms with E-state index in [9.17, 15) is 9.59 Å². The van der Waals surface area contributed by atoms with Gasteiger partial charge in [0, 0.05) is 30.8 Å². The molecule has 1 aliphatic rings. The number of nitrogens with zero attached hydrogens (tertiary/aromatic N) is 4. The second kappa shape index (κ2) is 11.2. The van der Waals surface area contributed by atoms with Crippen molar-refractivity contribution in [2.45, 2.75) is 50.7 Å². The van der Waals surface area contributed by atoms with E-state index >= 15 is 0 Å². The highest BCUT2D eigenvalue weighted by atomic mass is 32.2. The van der Waals surface area contributed by atoms with Crippen molar-refractivity contribution >= 4 is 35.1 Å². The fraction of sp³-hybridized carbons (Fsp3) is 0.417. The van der Waals surface area contributed by atoms with Crippen LogP contribution in [0.3, 0.4) is 0 Å². The van der Waals surface area contributed by atoms with Crippen molar-refractivity contribution in [3.8, 4) is 0 Å². The van der Waals surface area contributed by atoms with Crippen LogP contribution in [0.4, 0.5) is 11.6 Å². The van der Waals surface area contributed by atoms with Crippen LogP contribution in [0.1, 0.15) is 55.1 Å². The van der Waals surface area contributed by atoms with Crippen molar-refractivity contribution in [2.75, 3.05) is 29.1 Å². The number of hydrogen-bond acceptors (Lipinski definition) is 7. The molecule has 1 aliphatic heterocycles. The predicted octanol–water partition coefficient (Wildman–Crippen LogP) is 4.62. The third-order valence-electron chi connectivity index (χ3n) is 5.59. The van der Waals surface area contributed by atoms with Gasteiger partial charge in [0.25, 0.3) is 0 Å². The van der Waals surface area contributed by atoms with Crippen LogP contribution in [0.5, 0.6) is 0 Å². The highest BCUT2D eigenvalue weighted by Gasteiger charge is 2.21. The van der Waals surface area contributed by atoms with Gasteiger partial charge in [0.2, 0.25) is 11.9 Å². The maximum Gasteiger partial charge on any atom is 0.228 e. The number of rotatable bonds is 10. The van der Waals surface area contributed by atoms with Gasteiger partial charge in [-0.3, -0.25) is 14.2 Å². The van der Waals surface area contributed by atoms with E-state index in [0.717, 1.165) is 48.5 Å². The van der Waals surface area contributed by atoms with Crippen molar-refractivity contribution in [1.82, 2.24) is 14.8 Å². The summed E-state index contributed by atoms with van der Waals surface area (Å²) in [6.45, 7) is 4.06. The molecule has 0 saturated carbocycles. The van der Waals surface area contributed by atoms with Gasteiger partial charge < -0.3 is 14.6 Å². The smallest absolute Gasteiger partial charge is 0.228 e. The van der Waals surface area contributed by atoms with Gasteiger partial charge in [-0.25, -0.2) is 0 Å². The topological polar surface area (TPSA) is 93.3 Å². The number of aromatic nitrogens is 3. The molecule has 2 aromatic heterocycles. The monoisotopic (exact) mass is 467 g/mol. The third kappa shape index (κ3) is 6.04. The maximum absolute atomic E-state index is 12.4. The summed E-state index contributed by atoms with van der Waals surface area (Å²) in [7, 11) is 0. The molecule has 9 heteroatoms. The molecular weight excluding hydrogens is 438 g/mol. The number of nitrogens with one attached hydrogen (secondary N) is 1. The molecule has 33 heavy (non-hydrogen) atoms. The van der Waals surface area contributed by atoms with Crippen LogP contribution in [-0.2, 0) is 11.3 Å². The lowest BCUT2D eigenvalue weighted by molar-refractivity contribution is -0.116. The lowest BCUT2D eigenvalue weighted by atomic mass is 10.1. The van der Waals surface area contributed by atoms with E-state index in [2.05, 4.69) is 25.0 Å². The molecule has 4 rings (SSSR count). The number of ketones is 1. The lowest BCUT2D eigenvalue weighted by Crippen LogP contribution is -2.32. The van der Waals surface area contributed by atoms with Gasteiger partial charge in [0.1, 0.15) is 5.76 Å². The van der Waals surface area contributed by atoms with Crippen molar-refractivity contribution in [3.63, 3.8) is 0 Å². The zero-order valence-electron chi connectivity index (χ0n) is 18.8. The van der Waals surface area contributed by atoms with Gasteiger partial charge >= 0.3 is 0 Å². The number of Topliss-reactive ketones (excluding diaryl/α,β-unsaturated/α-hetero) is 1. The largest absolute Gasteiger partial charge is 0.467 e. The molecule has 0 unspecified atom stereocenters. The first-order chi connectivity index (χ1) is 16.1. The van der Waals surface area contributed by atoms with E-state index in [1.165, 1.54) is 13.3 Å². The van der Waals surface area contributed by atoms with E-state index in [0.29, 0.717) is 30.6 Å². The highest BCUT2D eigenvalue weighted by molar-refractivity contribution is 7.99. The number of para-hydroxylation sites is 1. The summed E-state index contributed by atoms with van der Waals surface area (Å²) in [6.07, 6.45) is 6.31. The summed E-state index contributed by atoms with van der Waals surface area (Å²) in [5.41, 5.74) is 1.09. The third-order valence-corrected chi connectivity index (χ3v) is 6.64. The zero-order valence-corrected chi connectivity index (χ0v) is 19.6. The van der Waals surface area contributed by atoms with Gasteiger partial charge in [0.05, 0.1) is 18.5 Å². The quantitative estimate of drug-likeness (QED) is 0.264. The van der Waals surface area contributed by atoms with Crippen LogP contribution in [0, 0.1) is 0 Å². The molecular formula is C24H29N5O3S. The van der Waals surface area contributed by atoms with E-state index in [4.69, 9.17) is 4.42 Å². The Labute approximate surface area is 197 Å². The fourth-order valence-electron chi connectivity index (χ4n) is 3.92. The van der Waals surface area contributed by atoms with E-state index < -0.39 is 0 Å². The summed E-state index contributed by atoms with van der Waals surface area (Å²) in [5.74, 6) is 2.31. The molecule has 174 valence electrons. The normalized spacial score (nSPS) is 13.8. The summed E-state index contributed by atoms with van der Waals surface area (Å²) in [6, 6.07) is 10.9. The van der Waals surface area contributed by atoms with Gasteiger partial charge in [-0.2, -0.15) is 0 Å². The molecule has 8 nitrogen and oxygen atoms in total. The molecule has 1 aromatic carbocycles. The first-order valence-electron chi connectivity index (χ1n) is 11.3. The second-order valence-corrected chi connectivity index (χ2v) is 9.16. The van der Waals surface area contributed by atoms with Crippen LogP contribution in [0.15, 0.2) is 52.2 Å².